The summed E-state index contributed by atoms with van der Waals surface area (Å²) in [6.45, 7) is 7.89. The SMILES string of the molecule is CCN1CCC(CNCc2ccccc2Cl)C1. The van der Waals surface area contributed by atoms with E-state index < -0.39 is 0 Å². The van der Waals surface area contributed by atoms with Crippen molar-refractivity contribution in [3.8, 4) is 0 Å². The number of nitrogens with zero attached hydrogens (tertiary/aromatic N) is 1. The number of rotatable bonds is 5. The average molecular weight is 253 g/mol. The molecular weight excluding hydrogens is 232 g/mol. The van der Waals surface area contributed by atoms with Crippen LogP contribution in [0.15, 0.2) is 24.3 Å². The smallest absolute Gasteiger partial charge is 0.0450 e. The molecule has 1 aliphatic heterocycles. The van der Waals surface area contributed by atoms with Crippen molar-refractivity contribution >= 4 is 11.6 Å². The first-order valence-electron chi connectivity index (χ1n) is 6.46. The van der Waals surface area contributed by atoms with Crippen molar-refractivity contribution in [2.45, 2.75) is 19.9 Å². The molecule has 1 fully saturated rings. The second-order valence-corrected chi connectivity index (χ2v) is 5.18. The second kappa shape index (κ2) is 6.39. The monoisotopic (exact) mass is 252 g/mol. The van der Waals surface area contributed by atoms with E-state index in [2.05, 4.69) is 23.2 Å². The van der Waals surface area contributed by atoms with Crippen LogP contribution < -0.4 is 5.32 Å². The number of hydrogen-bond donors (Lipinski definition) is 1. The van der Waals surface area contributed by atoms with Gasteiger partial charge in [0.1, 0.15) is 0 Å². The van der Waals surface area contributed by atoms with E-state index in [0.29, 0.717) is 0 Å². The van der Waals surface area contributed by atoms with Gasteiger partial charge in [-0.15, -0.1) is 0 Å². The Balaban J connectivity index is 1.72. The van der Waals surface area contributed by atoms with Gasteiger partial charge in [0.15, 0.2) is 0 Å². The first-order chi connectivity index (χ1) is 8.29. The maximum atomic E-state index is 6.12. The molecule has 0 saturated carbocycles. The van der Waals surface area contributed by atoms with Crippen molar-refractivity contribution in [3.63, 3.8) is 0 Å². The Morgan fingerprint density at radius 2 is 2.24 bits per heavy atom. The zero-order valence-electron chi connectivity index (χ0n) is 10.5. The van der Waals surface area contributed by atoms with Crippen LogP contribution in [0.25, 0.3) is 0 Å². The summed E-state index contributed by atoms with van der Waals surface area (Å²) in [7, 11) is 0. The summed E-state index contributed by atoms with van der Waals surface area (Å²) in [4.78, 5) is 2.52. The molecule has 1 atom stereocenters. The molecule has 0 amide bonds. The fourth-order valence-corrected chi connectivity index (χ4v) is 2.62. The van der Waals surface area contributed by atoms with Crippen molar-refractivity contribution < 1.29 is 0 Å². The Morgan fingerprint density at radius 3 is 2.94 bits per heavy atom. The van der Waals surface area contributed by atoms with Crippen LogP contribution in [0.2, 0.25) is 5.02 Å². The predicted molar refractivity (Wildman–Crippen MR) is 73.4 cm³/mol. The molecule has 0 aliphatic carbocycles. The van der Waals surface area contributed by atoms with Gasteiger partial charge in [-0.05, 0) is 43.6 Å². The maximum Gasteiger partial charge on any atom is 0.0450 e. The van der Waals surface area contributed by atoms with Crippen molar-refractivity contribution in [3.05, 3.63) is 34.9 Å². The highest BCUT2D eigenvalue weighted by atomic mass is 35.5. The summed E-state index contributed by atoms with van der Waals surface area (Å²) in [5.74, 6) is 0.803. The van der Waals surface area contributed by atoms with Gasteiger partial charge in [-0.1, -0.05) is 36.7 Å². The Hall–Kier alpha value is -0.570. The van der Waals surface area contributed by atoms with Crippen LogP contribution in [0, 0.1) is 5.92 Å². The third kappa shape index (κ3) is 3.70. The van der Waals surface area contributed by atoms with E-state index in [0.717, 1.165) is 24.0 Å². The molecule has 1 saturated heterocycles. The van der Waals surface area contributed by atoms with Gasteiger partial charge in [-0.25, -0.2) is 0 Å². The van der Waals surface area contributed by atoms with Gasteiger partial charge in [0.25, 0.3) is 0 Å². The molecule has 94 valence electrons. The topological polar surface area (TPSA) is 15.3 Å². The van der Waals surface area contributed by atoms with Crippen molar-refractivity contribution in [1.82, 2.24) is 10.2 Å². The standard InChI is InChI=1S/C14H21ClN2/c1-2-17-8-7-12(11-17)9-16-10-13-5-3-4-6-14(13)15/h3-6,12,16H,2,7-11H2,1H3. The zero-order valence-corrected chi connectivity index (χ0v) is 11.2. The molecular formula is C14H21ClN2. The van der Waals surface area contributed by atoms with E-state index in [1.165, 1.54) is 31.6 Å². The van der Waals surface area contributed by atoms with Gasteiger partial charge >= 0.3 is 0 Å². The molecule has 2 nitrogen and oxygen atoms in total. The number of likely N-dealkylation sites (tertiary alicyclic amines) is 1. The van der Waals surface area contributed by atoms with Gasteiger partial charge in [0.2, 0.25) is 0 Å². The van der Waals surface area contributed by atoms with E-state index in [4.69, 9.17) is 11.6 Å². The van der Waals surface area contributed by atoms with E-state index in [1.54, 1.807) is 0 Å². The summed E-state index contributed by atoms with van der Waals surface area (Å²) in [5, 5.41) is 4.38. The van der Waals surface area contributed by atoms with Crippen molar-refractivity contribution in [2.24, 2.45) is 5.92 Å². The molecule has 0 bridgehead atoms. The molecule has 0 aromatic heterocycles. The fourth-order valence-electron chi connectivity index (χ4n) is 2.42. The van der Waals surface area contributed by atoms with Crippen LogP contribution in [-0.4, -0.2) is 31.1 Å². The number of benzene rings is 1. The minimum Gasteiger partial charge on any atom is -0.312 e. The van der Waals surface area contributed by atoms with Crippen LogP contribution in [-0.2, 0) is 6.54 Å². The number of halogens is 1. The van der Waals surface area contributed by atoms with E-state index in [9.17, 15) is 0 Å². The average Bonchev–Trinajstić information content (AvgIpc) is 2.80. The van der Waals surface area contributed by atoms with Gasteiger partial charge in [0.05, 0.1) is 0 Å². The largest absolute Gasteiger partial charge is 0.312 e. The van der Waals surface area contributed by atoms with E-state index in [1.807, 2.05) is 18.2 Å². The molecule has 3 heteroatoms. The quantitative estimate of drug-likeness (QED) is 0.867. The molecule has 1 aromatic carbocycles. The normalized spacial score (nSPS) is 20.9. The second-order valence-electron chi connectivity index (χ2n) is 4.77. The van der Waals surface area contributed by atoms with Crippen LogP contribution >= 0.6 is 11.6 Å². The lowest BCUT2D eigenvalue weighted by atomic mass is 10.1. The number of nitrogens with one attached hydrogen (secondary N) is 1. The summed E-state index contributed by atoms with van der Waals surface area (Å²) in [6.07, 6.45) is 1.32. The third-order valence-electron chi connectivity index (χ3n) is 3.52. The first kappa shape index (κ1) is 12.9. The highest BCUT2D eigenvalue weighted by Gasteiger charge is 2.20. The molecule has 17 heavy (non-hydrogen) atoms. The van der Waals surface area contributed by atoms with Crippen molar-refractivity contribution in [1.29, 1.82) is 0 Å². The van der Waals surface area contributed by atoms with Crippen LogP contribution in [0.1, 0.15) is 18.9 Å². The van der Waals surface area contributed by atoms with E-state index in [-0.39, 0.29) is 0 Å². The minimum absolute atomic E-state index is 0.803. The van der Waals surface area contributed by atoms with Gasteiger partial charge in [-0.2, -0.15) is 0 Å². The molecule has 1 heterocycles. The maximum absolute atomic E-state index is 6.12. The zero-order chi connectivity index (χ0) is 12.1. The summed E-state index contributed by atoms with van der Waals surface area (Å²) < 4.78 is 0. The molecule has 1 aromatic rings. The lowest BCUT2D eigenvalue weighted by Crippen LogP contribution is -2.26. The molecule has 1 aliphatic rings. The van der Waals surface area contributed by atoms with Crippen LogP contribution in [0.4, 0.5) is 0 Å². The molecule has 0 spiro atoms. The third-order valence-corrected chi connectivity index (χ3v) is 3.89. The Labute approximate surface area is 109 Å². The van der Waals surface area contributed by atoms with Gasteiger partial charge < -0.3 is 10.2 Å². The molecule has 1 N–H and O–H groups in total. The first-order valence-corrected chi connectivity index (χ1v) is 6.84. The Bertz CT molecular complexity index is 354. The summed E-state index contributed by atoms with van der Waals surface area (Å²) >= 11 is 6.12. The lowest BCUT2D eigenvalue weighted by Gasteiger charge is -2.14. The molecule has 0 radical (unpaired) electrons. The highest BCUT2D eigenvalue weighted by Crippen LogP contribution is 2.16. The lowest BCUT2D eigenvalue weighted by molar-refractivity contribution is 0.339. The minimum atomic E-state index is 0.803. The highest BCUT2D eigenvalue weighted by molar-refractivity contribution is 6.31. The Morgan fingerprint density at radius 1 is 1.41 bits per heavy atom. The van der Waals surface area contributed by atoms with Crippen molar-refractivity contribution in [2.75, 3.05) is 26.2 Å². The fraction of sp³-hybridized carbons (Fsp3) is 0.571. The molecule has 2 rings (SSSR count). The van der Waals surface area contributed by atoms with Crippen LogP contribution in [0.3, 0.4) is 0 Å². The van der Waals surface area contributed by atoms with E-state index >= 15 is 0 Å². The van der Waals surface area contributed by atoms with Gasteiger partial charge in [-0.3, -0.25) is 0 Å². The molecule has 1 unspecified atom stereocenters. The Kier molecular flexibility index (Phi) is 4.84. The van der Waals surface area contributed by atoms with Crippen LogP contribution in [0.5, 0.6) is 0 Å². The summed E-state index contributed by atoms with van der Waals surface area (Å²) in [5.41, 5.74) is 1.19. The summed E-state index contributed by atoms with van der Waals surface area (Å²) in [6, 6.07) is 8.05. The van der Waals surface area contributed by atoms with Gasteiger partial charge in [0, 0.05) is 18.1 Å². The predicted octanol–water partition coefficient (Wildman–Crippen LogP) is 2.77. The number of hydrogen-bond acceptors (Lipinski definition) is 2.